The maximum atomic E-state index is 13.1. The second-order valence-electron chi connectivity index (χ2n) is 6.62. The topological polar surface area (TPSA) is 65.0 Å². The van der Waals surface area contributed by atoms with Gasteiger partial charge in [-0.1, -0.05) is 30.3 Å². The third-order valence-corrected chi connectivity index (χ3v) is 4.47. The van der Waals surface area contributed by atoms with Crippen LogP contribution in [0.1, 0.15) is 27.0 Å². The number of esters is 2. The van der Waals surface area contributed by atoms with Crippen molar-refractivity contribution in [2.75, 3.05) is 0 Å². The Morgan fingerprint density at radius 2 is 1.70 bits per heavy atom. The standard InChI is InChI=1S/C24H16FNO4/c1-15-4-2-3-5-20(15)23(27)29-19-12-6-16(7-13-19)14-21-24(28)30-22(26-21)17-8-10-18(25)11-9-17/h2-14H,1H3/b21-14-. The number of rotatable bonds is 4. The molecule has 0 radical (unpaired) electrons. The van der Waals surface area contributed by atoms with Crippen LogP contribution in [0.4, 0.5) is 4.39 Å². The number of nitrogens with zero attached hydrogens (tertiary/aromatic N) is 1. The molecule has 3 aromatic rings. The van der Waals surface area contributed by atoms with Crippen LogP contribution in [0.5, 0.6) is 5.75 Å². The number of benzene rings is 3. The first-order valence-electron chi connectivity index (χ1n) is 9.16. The third kappa shape index (κ3) is 4.17. The van der Waals surface area contributed by atoms with Gasteiger partial charge in [0.2, 0.25) is 5.90 Å². The van der Waals surface area contributed by atoms with Crippen molar-refractivity contribution in [2.24, 2.45) is 4.99 Å². The van der Waals surface area contributed by atoms with E-state index in [1.165, 1.54) is 24.3 Å². The summed E-state index contributed by atoms with van der Waals surface area (Å²) in [5.41, 5.74) is 2.64. The minimum Gasteiger partial charge on any atom is -0.423 e. The van der Waals surface area contributed by atoms with E-state index in [1.54, 1.807) is 42.5 Å². The van der Waals surface area contributed by atoms with Crippen molar-refractivity contribution in [1.29, 1.82) is 0 Å². The summed E-state index contributed by atoms with van der Waals surface area (Å²) in [5, 5.41) is 0. The van der Waals surface area contributed by atoms with Crippen LogP contribution in [0.25, 0.3) is 6.08 Å². The van der Waals surface area contributed by atoms with Gasteiger partial charge < -0.3 is 9.47 Å². The molecule has 4 rings (SSSR count). The van der Waals surface area contributed by atoms with E-state index in [1.807, 2.05) is 19.1 Å². The summed E-state index contributed by atoms with van der Waals surface area (Å²) in [5.74, 6) is -0.913. The number of aryl methyl sites for hydroxylation is 1. The molecule has 1 aliphatic heterocycles. The number of ether oxygens (including phenoxy) is 2. The Kier molecular flexibility index (Phi) is 5.22. The molecule has 0 atom stereocenters. The fourth-order valence-electron chi connectivity index (χ4n) is 2.88. The van der Waals surface area contributed by atoms with Crippen molar-refractivity contribution in [2.45, 2.75) is 6.92 Å². The maximum Gasteiger partial charge on any atom is 0.363 e. The van der Waals surface area contributed by atoms with Crippen molar-refractivity contribution in [3.8, 4) is 5.75 Å². The van der Waals surface area contributed by atoms with E-state index >= 15 is 0 Å². The van der Waals surface area contributed by atoms with Crippen LogP contribution in [0.15, 0.2) is 83.5 Å². The molecule has 0 unspecified atom stereocenters. The second kappa shape index (κ2) is 8.13. The molecule has 6 heteroatoms. The molecular weight excluding hydrogens is 385 g/mol. The average molecular weight is 401 g/mol. The van der Waals surface area contributed by atoms with Gasteiger partial charge in [-0.3, -0.25) is 0 Å². The smallest absolute Gasteiger partial charge is 0.363 e. The molecule has 0 saturated heterocycles. The zero-order chi connectivity index (χ0) is 21.1. The van der Waals surface area contributed by atoms with E-state index in [2.05, 4.69) is 4.99 Å². The zero-order valence-electron chi connectivity index (χ0n) is 16.0. The van der Waals surface area contributed by atoms with Gasteiger partial charge in [0.1, 0.15) is 11.6 Å². The lowest BCUT2D eigenvalue weighted by Crippen LogP contribution is -2.09. The molecular formula is C24H16FNO4. The zero-order valence-corrected chi connectivity index (χ0v) is 16.0. The largest absolute Gasteiger partial charge is 0.423 e. The minimum atomic E-state index is -0.593. The number of cyclic esters (lactones) is 1. The number of aliphatic imine (C=N–C) groups is 1. The second-order valence-corrected chi connectivity index (χ2v) is 6.62. The summed E-state index contributed by atoms with van der Waals surface area (Å²) in [6.07, 6.45) is 1.56. The van der Waals surface area contributed by atoms with Crippen LogP contribution in [0, 0.1) is 12.7 Å². The Morgan fingerprint density at radius 1 is 1.00 bits per heavy atom. The fourth-order valence-corrected chi connectivity index (χ4v) is 2.88. The molecule has 0 fully saturated rings. The van der Waals surface area contributed by atoms with Gasteiger partial charge in [0, 0.05) is 5.56 Å². The molecule has 0 aromatic heterocycles. The summed E-state index contributed by atoms with van der Waals surface area (Å²) in [6, 6.07) is 19.4. The van der Waals surface area contributed by atoms with E-state index in [-0.39, 0.29) is 17.4 Å². The van der Waals surface area contributed by atoms with Gasteiger partial charge in [-0.05, 0) is 66.6 Å². The van der Waals surface area contributed by atoms with Gasteiger partial charge in [-0.25, -0.2) is 19.0 Å². The predicted octanol–water partition coefficient (Wildman–Crippen LogP) is 4.70. The Morgan fingerprint density at radius 3 is 2.40 bits per heavy atom. The monoisotopic (exact) mass is 401 g/mol. The Bertz CT molecular complexity index is 1180. The van der Waals surface area contributed by atoms with E-state index in [4.69, 9.17) is 9.47 Å². The lowest BCUT2D eigenvalue weighted by Gasteiger charge is -2.06. The number of halogens is 1. The first-order valence-corrected chi connectivity index (χ1v) is 9.16. The molecule has 3 aromatic carbocycles. The van der Waals surface area contributed by atoms with E-state index in [9.17, 15) is 14.0 Å². The normalized spacial score (nSPS) is 14.4. The van der Waals surface area contributed by atoms with Crippen LogP contribution >= 0.6 is 0 Å². The van der Waals surface area contributed by atoms with Crippen LogP contribution in [0.2, 0.25) is 0 Å². The highest BCUT2D eigenvalue weighted by molar-refractivity contribution is 6.12. The maximum absolute atomic E-state index is 13.1. The van der Waals surface area contributed by atoms with E-state index < -0.39 is 11.9 Å². The molecule has 0 amide bonds. The van der Waals surface area contributed by atoms with Gasteiger partial charge >= 0.3 is 11.9 Å². The van der Waals surface area contributed by atoms with Crippen molar-refractivity contribution >= 4 is 23.9 Å². The fraction of sp³-hybridized carbons (Fsp3) is 0.0417. The minimum absolute atomic E-state index is 0.120. The molecule has 148 valence electrons. The number of hydrogen-bond acceptors (Lipinski definition) is 5. The molecule has 5 nitrogen and oxygen atoms in total. The van der Waals surface area contributed by atoms with Gasteiger partial charge in [-0.15, -0.1) is 0 Å². The molecule has 0 bridgehead atoms. The summed E-state index contributed by atoms with van der Waals surface area (Å²) in [4.78, 5) is 28.6. The van der Waals surface area contributed by atoms with Gasteiger partial charge in [0.25, 0.3) is 0 Å². The molecule has 30 heavy (non-hydrogen) atoms. The first kappa shape index (κ1) is 19.3. The molecule has 1 heterocycles. The van der Waals surface area contributed by atoms with Crippen LogP contribution in [-0.2, 0) is 9.53 Å². The molecule has 0 N–H and O–H groups in total. The Hall–Kier alpha value is -4.06. The van der Waals surface area contributed by atoms with E-state index in [0.29, 0.717) is 22.4 Å². The molecule has 1 aliphatic rings. The van der Waals surface area contributed by atoms with Crippen LogP contribution in [0.3, 0.4) is 0 Å². The summed E-state index contributed by atoms with van der Waals surface area (Å²) in [6.45, 7) is 1.84. The molecule has 0 spiro atoms. The predicted molar refractivity (Wildman–Crippen MR) is 110 cm³/mol. The van der Waals surface area contributed by atoms with Crippen LogP contribution in [-0.4, -0.2) is 17.8 Å². The van der Waals surface area contributed by atoms with Crippen LogP contribution < -0.4 is 4.74 Å². The van der Waals surface area contributed by atoms with Gasteiger partial charge in [0.05, 0.1) is 5.56 Å². The summed E-state index contributed by atoms with van der Waals surface area (Å²) < 4.78 is 23.6. The number of carbonyl (C=O) groups excluding carboxylic acids is 2. The lowest BCUT2D eigenvalue weighted by atomic mass is 10.1. The molecule has 0 saturated carbocycles. The van der Waals surface area contributed by atoms with Crippen molar-refractivity contribution in [1.82, 2.24) is 0 Å². The Balaban J connectivity index is 1.49. The van der Waals surface area contributed by atoms with Gasteiger partial charge in [0.15, 0.2) is 5.70 Å². The van der Waals surface area contributed by atoms with Crippen molar-refractivity contribution < 1.29 is 23.5 Å². The number of hydrogen-bond donors (Lipinski definition) is 0. The van der Waals surface area contributed by atoms with E-state index in [0.717, 1.165) is 5.56 Å². The average Bonchev–Trinajstić information content (AvgIpc) is 3.10. The summed E-state index contributed by atoms with van der Waals surface area (Å²) in [7, 11) is 0. The first-order chi connectivity index (χ1) is 14.5. The number of carbonyl (C=O) groups is 2. The highest BCUT2D eigenvalue weighted by Gasteiger charge is 2.24. The molecule has 0 aliphatic carbocycles. The highest BCUT2D eigenvalue weighted by Crippen LogP contribution is 2.21. The Labute approximate surface area is 172 Å². The van der Waals surface area contributed by atoms with Crippen molar-refractivity contribution in [3.05, 3.63) is 107 Å². The third-order valence-electron chi connectivity index (χ3n) is 4.47. The highest BCUT2D eigenvalue weighted by atomic mass is 19.1. The summed E-state index contributed by atoms with van der Waals surface area (Å²) >= 11 is 0. The lowest BCUT2D eigenvalue weighted by molar-refractivity contribution is -0.129. The quantitative estimate of drug-likeness (QED) is 0.361. The van der Waals surface area contributed by atoms with Crippen molar-refractivity contribution in [3.63, 3.8) is 0 Å². The van der Waals surface area contributed by atoms with Gasteiger partial charge in [-0.2, -0.15) is 0 Å². The SMILES string of the molecule is Cc1ccccc1C(=O)Oc1ccc(/C=C2\N=C(c3ccc(F)cc3)OC2=O)cc1.